The summed E-state index contributed by atoms with van der Waals surface area (Å²) in [7, 11) is 0. The summed E-state index contributed by atoms with van der Waals surface area (Å²) in [5.74, 6) is 2.02. The second kappa shape index (κ2) is 53.7. The molecule has 0 saturated carbocycles. The van der Waals surface area contributed by atoms with Crippen LogP contribution >= 0.6 is 118 Å². The molecule has 0 aromatic rings. The summed E-state index contributed by atoms with van der Waals surface area (Å²) in [4.78, 5) is 0. The molecule has 0 aromatic heterocycles. The number of alkyl halides is 7. The topological polar surface area (TPSA) is 107 Å². The summed E-state index contributed by atoms with van der Waals surface area (Å²) in [6, 6.07) is 0. The molecule has 0 radical (unpaired) electrons. The van der Waals surface area contributed by atoms with Gasteiger partial charge in [-0.15, -0.1) is 118 Å². The van der Waals surface area contributed by atoms with Gasteiger partial charge in [-0.05, 0) is 0 Å². The first-order chi connectivity index (χ1) is 12.9. The monoisotopic (exact) mass is 718 g/mol. The molecule has 0 aliphatic carbocycles. The number of aliphatic hydroxyl groups excluding tert-OH is 3. The molecule has 1 aliphatic rings. The number of ether oxygens (including phenoxy) is 1. The van der Waals surface area contributed by atoms with Crippen LogP contribution < -0.4 is 0 Å². The molecule has 3 N–H and O–H groups in total. The first-order valence-corrected chi connectivity index (χ1v) is 11.7. The number of rotatable bonds is 7. The standard InChI is InChI=1S/3C3H6Cl2O.C3H5ClO.3ClH.2O.2V/c3*4-1-3(6)2-5;4-1-3-2-5-3;;;;;;;/h3*3,6H,1-2H2;3H,1-2H2;3*1H;;;;. The number of aliphatic hydroxyl groups is 3. The fraction of sp³-hybridized carbons (Fsp3) is 1.00. The quantitative estimate of drug-likeness (QED) is 0.270. The Hall–Kier alpha value is 3.51. The van der Waals surface area contributed by atoms with Crippen LogP contribution in [0, 0.1) is 0 Å². The average molecular weight is 723 g/mol. The van der Waals surface area contributed by atoms with Crippen molar-refractivity contribution in [2.24, 2.45) is 0 Å². The average Bonchev–Trinajstić information content (AvgIpc) is 3.60. The molecule has 0 amide bonds. The Morgan fingerprint density at radius 2 is 0.800 bits per heavy atom. The van der Waals surface area contributed by atoms with Crippen LogP contribution in [-0.2, 0) is 46.8 Å². The molecule has 0 bridgehead atoms. The number of hydrogen-bond acceptors (Lipinski definition) is 6. The van der Waals surface area contributed by atoms with Crippen LogP contribution in [0.15, 0.2) is 0 Å². The Bertz CT molecular complexity index is 220. The summed E-state index contributed by atoms with van der Waals surface area (Å²) >= 11 is 38.1. The van der Waals surface area contributed by atoms with E-state index < -0.39 is 18.3 Å². The van der Waals surface area contributed by atoms with Crippen molar-refractivity contribution in [1.82, 2.24) is 0 Å². The van der Waals surface area contributed by atoms with Gasteiger partial charge in [-0.3, -0.25) is 0 Å². The van der Waals surface area contributed by atoms with Crippen molar-refractivity contribution in [3.05, 3.63) is 0 Å². The fourth-order valence-electron chi connectivity index (χ4n) is 0.281. The Morgan fingerprint density at radius 1 is 0.633 bits per heavy atom. The van der Waals surface area contributed by atoms with E-state index in [-0.39, 0.29) is 72.5 Å². The van der Waals surface area contributed by atoms with Crippen LogP contribution in [0.25, 0.3) is 0 Å². The predicted octanol–water partition coefficient (Wildman–Crippen LogP) is 4.12. The molecule has 30 heavy (non-hydrogen) atoms. The third kappa shape index (κ3) is 69.7. The maximum absolute atomic E-state index is 8.40. The Morgan fingerprint density at radius 3 is 0.800 bits per heavy atom. The Labute approximate surface area is 250 Å². The van der Waals surface area contributed by atoms with E-state index in [2.05, 4.69) is 0 Å². The normalized spacial score (nSPS) is 11.9. The number of halogens is 10. The van der Waals surface area contributed by atoms with Crippen molar-refractivity contribution in [3.8, 4) is 0 Å². The second-order valence-corrected chi connectivity index (χ2v) is 6.16. The minimum absolute atomic E-state index is 0. The minimum atomic E-state index is -0.534. The van der Waals surface area contributed by atoms with Crippen molar-refractivity contribution >= 4 is 118 Å². The molecular formula is C12H26Cl10O6V2. The summed E-state index contributed by atoms with van der Waals surface area (Å²) in [6.07, 6.45) is -1.20. The SMILES string of the molecule is Cl.Cl.Cl.ClCC1CO1.OC(CCl)CCl.OC(CCl)CCl.OC(CCl)CCl.[O]=[V].[O]=[V]. The van der Waals surface area contributed by atoms with Crippen LogP contribution in [0.3, 0.4) is 0 Å². The van der Waals surface area contributed by atoms with Gasteiger partial charge in [0.1, 0.15) is 0 Å². The molecule has 1 saturated heterocycles. The van der Waals surface area contributed by atoms with Crippen molar-refractivity contribution in [2.75, 3.05) is 47.8 Å². The van der Waals surface area contributed by atoms with Crippen LogP contribution in [0.5, 0.6) is 0 Å². The van der Waals surface area contributed by atoms with Gasteiger partial charge in [0, 0.05) is 35.3 Å². The summed E-state index contributed by atoms with van der Waals surface area (Å²) in [5.41, 5.74) is 0. The van der Waals surface area contributed by atoms with Gasteiger partial charge >= 0.3 is 42.1 Å². The molecule has 6 nitrogen and oxygen atoms in total. The zero-order valence-corrected chi connectivity index (χ0v) is 25.8. The van der Waals surface area contributed by atoms with Crippen LogP contribution in [0.2, 0.25) is 0 Å². The molecular weight excluding hydrogens is 697 g/mol. The van der Waals surface area contributed by atoms with Gasteiger partial charge in [0.2, 0.25) is 0 Å². The first-order valence-electron chi connectivity index (χ1n) is 6.80. The van der Waals surface area contributed by atoms with Crippen LogP contribution in [0.4, 0.5) is 0 Å². The third-order valence-electron chi connectivity index (χ3n) is 1.64. The molecule has 18 heteroatoms. The van der Waals surface area contributed by atoms with Gasteiger partial charge in [-0.1, -0.05) is 0 Å². The molecule has 1 fully saturated rings. The van der Waals surface area contributed by atoms with Gasteiger partial charge < -0.3 is 20.1 Å². The van der Waals surface area contributed by atoms with E-state index >= 15 is 0 Å². The van der Waals surface area contributed by atoms with E-state index in [4.69, 9.17) is 109 Å². The van der Waals surface area contributed by atoms with Gasteiger partial charge in [0.05, 0.1) is 36.9 Å². The number of epoxide rings is 1. The predicted molar refractivity (Wildman–Crippen MR) is 126 cm³/mol. The molecule has 1 unspecified atom stereocenters. The maximum atomic E-state index is 8.40. The van der Waals surface area contributed by atoms with E-state index in [0.717, 1.165) is 41.3 Å². The molecule has 0 spiro atoms. The molecule has 0 aromatic carbocycles. The molecule has 1 heterocycles. The zero-order chi connectivity index (χ0) is 22.7. The van der Waals surface area contributed by atoms with Crippen LogP contribution in [0.1, 0.15) is 0 Å². The van der Waals surface area contributed by atoms with E-state index in [9.17, 15) is 0 Å². The van der Waals surface area contributed by atoms with E-state index in [1.54, 1.807) is 0 Å². The van der Waals surface area contributed by atoms with E-state index in [1.165, 1.54) is 0 Å². The third-order valence-corrected chi connectivity index (χ3v) is 4.12. The Kier molecular flexibility index (Phi) is 97.5. The fourth-order valence-corrected chi connectivity index (χ4v) is 1.45. The van der Waals surface area contributed by atoms with Gasteiger partial charge in [-0.2, -0.15) is 0 Å². The molecule has 1 rings (SSSR count). The van der Waals surface area contributed by atoms with E-state index in [0.29, 0.717) is 12.0 Å². The van der Waals surface area contributed by atoms with Gasteiger partial charge in [0.25, 0.3) is 0 Å². The first kappa shape index (κ1) is 54.4. The number of hydrogen-bond donors (Lipinski definition) is 3. The van der Waals surface area contributed by atoms with E-state index in [1.807, 2.05) is 0 Å². The van der Waals surface area contributed by atoms with Gasteiger partial charge in [0.15, 0.2) is 0 Å². The van der Waals surface area contributed by atoms with Crippen molar-refractivity contribution in [2.45, 2.75) is 24.4 Å². The second-order valence-electron chi connectivity index (χ2n) is 4.00. The molecule has 190 valence electrons. The van der Waals surface area contributed by atoms with Crippen molar-refractivity contribution in [1.29, 1.82) is 0 Å². The summed E-state index contributed by atoms with van der Waals surface area (Å²) in [6.45, 7) is 0.878. The Balaban J connectivity index is -0.0000000329. The summed E-state index contributed by atoms with van der Waals surface area (Å²) in [5, 5.41) is 25.2. The van der Waals surface area contributed by atoms with Gasteiger partial charge in [-0.25, -0.2) is 0 Å². The molecule has 1 aliphatic heterocycles. The van der Waals surface area contributed by atoms with Crippen molar-refractivity contribution in [3.63, 3.8) is 0 Å². The van der Waals surface area contributed by atoms with Crippen molar-refractivity contribution < 1.29 is 62.1 Å². The molecule has 1 atom stereocenters. The zero-order valence-electron chi connectivity index (χ0n) is 15.3. The summed E-state index contributed by atoms with van der Waals surface area (Å²) < 4.78 is 21.1. The van der Waals surface area contributed by atoms with Crippen LogP contribution in [-0.4, -0.2) is 87.5 Å².